The van der Waals surface area contributed by atoms with E-state index in [1.54, 1.807) is 0 Å². The van der Waals surface area contributed by atoms with E-state index in [1.807, 2.05) is 11.3 Å². The molecule has 0 aliphatic rings. The molecule has 1 aromatic heterocycles. The van der Waals surface area contributed by atoms with Crippen LogP contribution in [-0.2, 0) is 0 Å². The molecular weight excluding hydrogens is 551 g/mol. The highest BCUT2D eigenvalue weighted by Gasteiger charge is 2.16. The van der Waals surface area contributed by atoms with E-state index in [1.165, 1.54) is 63.6 Å². The van der Waals surface area contributed by atoms with Gasteiger partial charge in [-0.25, -0.2) is 0 Å². The van der Waals surface area contributed by atoms with Crippen molar-refractivity contribution in [2.24, 2.45) is 0 Å². The van der Waals surface area contributed by atoms with Gasteiger partial charge in [-0.3, -0.25) is 0 Å². The highest BCUT2D eigenvalue weighted by Crippen LogP contribution is 2.43. The molecule has 9 aromatic rings. The van der Waals surface area contributed by atoms with E-state index in [0.717, 1.165) is 17.1 Å². The third kappa shape index (κ3) is 4.07. The van der Waals surface area contributed by atoms with Crippen molar-refractivity contribution in [1.29, 1.82) is 0 Å². The zero-order valence-corrected chi connectivity index (χ0v) is 24.8. The van der Waals surface area contributed by atoms with Gasteiger partial charge in [0.25, 0.3) is 0 Å². The van der Waals surface area contributed by atoms with Crippen molar-refractivity contribution in [1.82, 2.24) is 0 Å². The van der Waals surface area contributed by atoms with Gasteiger partial charge in [0, 0.05) is 37.2 Å². The van der Waals surface area contributed by atoms with Gasteiger partial charge < -0.3 is 4.90 Å². The molecule has 0 saturated heterocycles. The fourth-order valence-corrected chi connectivity index (χ4v) is 7.81. The van der Waals surface area contributed by atoms with Gasteiger partial charge in [-0.05, 0) is 92.0 Å². The lowest BCUT2D eigenvalue weighted by atomic mass is 10.00. The van der Waals surface area contributed by atoms with Gasteiger partial charge in [0.1, 0.15) is 0 Å². The summed E-state index contributed by atoms with van der Waals surface area (Å²) in [5.41, 5.74) is 5.85. The molecule has 0 unspecified atom stereocenters. The summed E-state index contributed by atoms with van der Waals surface area (Å²) in [7, 11) is 0. The molecule has 0 fully saturated rings. The number of thiophene rings is 1. The lowest BCUT2D eigenvalue weighted by molar-refractivity contribution is 1.30. The molecule has 0 spiro atoms. The van der Waals surface area contributed by atoms with Gasteiger partial charge in [-0.2, -0.15) is 0 Å². The predicted molar refractivity (Wildman–Crippen MR) is 192 cm³/mol. The van der Waals surface area contributed by atoms with Gasteiger partial charge in [0.15, 0.2) is 0 Å². The second-order valence-corrected chi connectivity index (χ2v) is 12.5. The quantitative estimate of drug-likeness (QED) is 0.188. The van der Waals surface area contributed by atoms with E-state index in [-0.39, 0.29) is 0 Å². The van der Waals surface area contributed by atoms with Gasteiger partial charge in [0.05, 0.1) is 0 Å². The van der Waals surface area contributed by atoms with Crippen LogP contribution in [0, 0.1) is 0 Å². The zero-order valence-electron chi connectivity index (χ0n) is 23.9. The second kappa shape index (κ2) is 10.1. The first-order chi connectivity index (χ1) is 21.8. The monoisotopic (exact) mass is 577 g/mol. The Labute approximate surface area is 259 Å². The van der Waals surface area contributed by atoms with Crippen molar-refractivity contribution in [3.8, 4) is 11.1 Å². The summed E-state index contributed by atoms with van der Waals surface area (Å²) in [6, 6.07) is 59.8. The van der Waals surface area contributed by atoms with Crippen LogP contribution in [0.4, 0.5) is 17.1 Å². The molecule has 1 heterocycles. The van der Waals surface area contributed by atoms with Crippen molar-refractivity contribution < 1.29 is 0 Å². The van der Waals surface area contributed by atoms with Crippen LogP contribution in [0.5, 0.6) is 0 Å². The number of benzene rings is 8. The molecule has 0 aliphatic heterocycles. The molecule has 0 radical (unpaired) electrons. The number of anilines is 3. The molecule has 0 bridgehead atoms. The first-order valence-electron chi connectivity index (χ1n) is 15.0. The average molecular weight is 578 g/mol. The Kier molecular flexibility index (Phi) is 5.75. The average Bonchev–Trinajstić information content (AvgIpc) is 3.48. The second-order valence-electron chi connectivity index (χ2n) is 11.4. The van der Waals surface area contributed by atoms with Crippen LogP contribution in [0.15, 0.2) is 164 Å². The molecule has 0 amide bonds. The minimum Gasteiger partial charge on any atom is -0.310 e. The molecule has 2 heteroatoms. The van der Waals surface area contributed by atoms with Crippen LogP contribution in [0.25, 0.3) is 63.6 Å². The summed E-state index contributed by atoms with van der Waals surface area (Å²) >= 11 is 1.87. The summed E-state index contributed by atoms with van der Waals surface area (Å²) in [5.74, 6) is 0. The molecule has 0 N–H and O–H groups in total. The maximum atomic E-state index is 2.40. The van der Waals surface area contributed by atoms with Crippen molar-refractivity contribution in [3.05, 3.63) is 164 Å². The fraction of sp³-hybridized carbons (Fsp3) is 0. The normalized spacial score (nSPS) is 11.6. The van der Waals surface area contributed by atoms with Crippen molar-refractivity contribution in [3.63, 3.8) is 0 Å². The van der Waals surface area contributed by atoms with E-state index in [2.05, 4.69) is 169 Å². The molecule has 9 rings (SSSR count). The standard InChI is InChI=1S/C42H27NS/c1-2-8-28(9-3-1)29-16-20-33(21-17-29)43(34-23-24-37-32(26-34)15-14-30-10-4-5-11-36(30)37)35-22-18-31-19-25-41-42(39(31)27-35)38-12-6-7-13-40(38)44-41/h1-27H. The number of hydrogen-bond acceptors (Lipinski definition) is 2. The molecule has 0 aliphatic carbocycles. The molecule has 8 aromatic carbocycles. The SMILES string of the molecule is c1ccc(-c2ccc(N(c3ccc4c(ccc5ccccc54)c3)c3ccc4ccc5sc6ccccc6c5c4c3)cc2)cc1. The first-order valence-corrected chi connectivity index (χ1v) is 15.8. The summed E-state index contributed by atoms with van der Waals surface area (Å²) in [6.07, 6.45) is 0. The van der Waals surface area contributed by atoms with Crippen LogP contribution >= 0.6 is 11.3 Å². The van der Waals surface area contributed by atoms with Crippen molar-refractivity contribution in [2.75, 3.05) is 4.90 Å². The first kappa shape index (κ1) is 25.1. The third-order valence-electron chi connectivity index (χ3n) is 8.82. The highest BCUT2D eigenvalue weighted by molar-refractivity contribution is 7.26. The van der Waals surface area contributed by atoms with Crippen LogP contribution in [0.2, 0.25) is 0 Å². The summed E-state index contributed by atoms with van der Waals surface area (Å²) in [4.78, 5) is 2.40. The molecule has 44 heavy (non-hydrogen) atoms. The topological polar surface area (TPSA) is 3.24 Å². The molecule has 1 nitrogen and oxygen atoms in total. The lowest BCUT2D eigenvalue weighted by Gasteiger charge is -2.26. The number of nitrogens with zero attached hydrogens (tertiary/aromatic N) is 1. The molecule has 206 valence electrons. The Morgan fingerprint density at radius 3 is 1.82 bits per heavy atom. The highest BCUT2D eigenvalue weighted by atomic mass is 32.1. The minimum absolute atomic E-state index is 1.13. The van der Waals surface area contributed by atoms with Crippen LogP contribution < -0.4 is 4.90 Å². The summed E-state index contributed by atoms with van der Waals surface area (Å²) < 4.78 is 2.66. The Balaban J connectivity index is 1.26. The Hall–Kier alpha value is -5.44. The van der Waals surface area contributed by atoms with Gasteiger partial charge >= 0.3 is 0 Å². The molecule has 0 saturated carbocycles. The smallest absolute Gasteiger partial charge is 0.0468 e. The van der Waals surface area contributed by atoms with E-state index in [4.69, 9.17) is 0 Å². The number of rotatable bonds is 4. The minimum atomic E-state index is 1.13. The molecule has 0 atom stereocenters. The zero-order chi connectivity index (χ0) is 29.0. The van der Waals surface area contributed by atoms with E-state index in [9.17, 15) is 0 Å². The largest absolute Gasteiger partial charge is 0.310 e. The maximum absolute atomic E-state index is 2.40. The van der Waals surface area contributed by atoms with Crippen molar-refractivity contribution >= 4 is 80.9 Å². The van der Waals surface area contributed by atoms with E-state index >= 15 is 0 Å². The van der Waals surface area contributed by atoms with Gasteiger partial charge in [0.2, 0.25) is 0 Å². The Morgan fingerprint density at radius 2 is 0.932 bits per heavy atom. The van der Waals surface area contributed by atoms with Crippen LogP contribution in [-0.4, -0.2) is 0 Å². The van der Waals surface area contributed by atoms with E-state index in [0.29, 0.717) is 0 Å². The third-order valence-corrected chi connectivity index (χ3v) is 9.96. The predicted octanol–water partition coefficient (Wildman–Crippen LogP) is 12.7. The maximum Gasteiger partial charge on any atom is 0.0468 e. The summed E-state index contributed by atoms with van der Waals surface area (Å²) in [6.45, 7) is 0. The fourth-order valence-electron chi connectivity index (χ4n) is 6.69. The number of fused-ring (bicyclic) bond motifs is 8. The Morgan fingerprint density at radius 1 is 0.341 bits per heavy atom. The van der Waals surface area contributed by atoms with Gasteiger partial charge in [-0.15, -0.1) is 11.3 Å². The van der Waals surface area contributed by atoms with Crippen LogP contribution in [0.3, 0.4) is 0 Å². The summed E-state index contributed by atoms with van der Waals surface area (Å²) in [5, 5.41) is 10.3. The van der Waals surface area contributed by atoms with Gasteiger partial charge in [-0.1, -0.05) is 115 Å². The van der Waals surface area contributed by atoms with Crippen LogP contribution in [0.1, 0.15) is 0 Å². The molecular formula is C42H27NS. The number of hydrogen-bond donors (Lipinski definition) is 0. The van der Waals surface area contributed by atoms with Crippen molar-refractivity contribution in [2.45, 2.75) is 0 Å². The lowest BCUT2D eigenvalue weighted by Crippen LogP contribution is -2.10. The Bertz CT molecular complexity index is 2490. The van der Waals surface area contributed by atoms with E-state index < -0.39 is 0 Å².